The van der Waals surface area contributed by atoms with Crippen LogP contribution in [0.4, 0.5) is 0 Å². The number of rotatable bonds is 43. The van der Waals surface area contributed by atoms with E-state index in [1.165, 1.54) is 54.6 Å². The Morgan fingerprint density at radius 1 is 0.303 bits per heavy atom. The average Bonchev–Trinajstić information content (AvgIpc) is 1.62. The van der Waals surface area contributed by atoms with Crippen LogP contribution in [0.25, 0.3) is 89.7 Å². The third-order valence-corrected chi connectivity index (χ3v) is 34.2. The first-order chi connectivity index (χ1) is 51.7. The van der Waals surface area contributed by atoms with Crippen LogP contribution in [0, 0.1) is 35.5 Å². The lowest BCUT2D eigenvalue weighted by Gasteiger charge is -2.20. The molecule has 0 saturated carbocycles. The van der Waals surface area contributed by atoms with E-state index in [-0.39, 0.29) is 137 Å². The van der Waals surface area contributed by atoms with Crippen molar-refractivity contribution >= 4 is 109 Å². The van der Waals surface area contributed by atoms with Crippen LogP contribution in [0.15, 0.2) is 84.0 Å². The Hall–Kier alpha value is -6.59. The summed E-state index contributed by atoms with van der Waals surface area (Å²) in [6.07, 6.45) is 15.3. The Balaban J connectivity index is 1.53. The molecule has 8 bridgehead atoms. The van der Waals surface area contributed by atoms with E-state index in [0.717, 1.165) is 64.2 Å². The van der Waals surface area contributed by atoms with Gasteiger partial charge in [-0.25, -0.2) is 85.2 Å². The minimum Gasteiger partial charge on any atom is -0.478 e. The molecule has 22 nitrogen and oxygen atoms in total. The summed E-state index contributed by atoms with van der Waals surface area (Å²) >= 11 is 0. The molecule has 7 aromatic rings. The number of unbranched alkanes of at least 4 members (excludes halogenated alkanes) is 6. The molecular formula is C81H114N8O14S6. The number of H-pyrrole nitrogens is 2. The van der Waals surface area contributed by atoms with Gasteiger partial charge in [0, 0.05) is 43.8 Å². The van der Waals surface area contributed by atoms with Gasteiger partial charge in [-0.1, -0.05) is 199 Å². The number of sulfone groups is 6. The normalized spacial score (nSPS) is 14.7. The van der Waals surface area contributed by atoms with E-state index in [1.54, 1.807) is 0 Å². The van der Waals surface area contributed by atoms with E-state index in [2.05, 4.69) is 9.97 Å². The van der Waals surface area contributed by atoms with Crippen LogP contribution < -0.4 is 0 Å². The number of aromatic amines is 2. The smallest absolute Gasteiger partial charge is 0.335 e. The van der Waals surface area contributed by atoms with Gasteiger partial charge in [0.25, 0.3) is 0 Å². The van der Waals surface area contributed by atoms with Gasteiger partial charge < -0.3 is 15.1 Å². The highest BCUT2D eigenvalue weighted by atomic mass is 32.2. The maximum atomic E-state index is 15.6. The van der Waals surface area contributed by atoms with Crippen LogP contribution >= 0.6 is 0 Å². The molecule has 9 rings (SSSR count). The second-order valence-electron chi connectivity index (χ2n) is 30.4. The predicted molar refractivity (Wildman–Crippen MR) is 435 cm³/mol. The SMILES string of the molecule is CCCCC(CC)CS(=O)(=O)c1cc2c(cc1S(=O)(=O)CC(CC)CCCC)-c1nc-2nc2[nH]c(nc3nc(nc4[nH]c(n1)c1cc(S(=O)(=O)CC(CC)CCCC)c(S(=O)(=O)CC(CC)CCCC)cc41)-c1cc(S(=O)(=O)CC(CC)CCCC)c(S(=O)(=O)CC(CC)CCCC)cc1-3)c1cc(C(=O)O)ccc21. The fourth-order valence-electron chi connectivity index (χ4n) is 15.2. The summed E-state index contributed by atoms with van der Waals surface area (Å²) in [5, 5.41) is 11.0. The molecule has 5 heterocycles. The van der Waals surface area contributed by atoms with Gasteiger partial charge in [-0.2, -0.15) is 0 Å². The molecular weight excluding hydrogens is 1500 g/mol. The largest absolute Gasteiger partial charge is 0.478 e. The summed E-state index contributed by atoms with van der Waals surface area (Å²) in [6, 6.07) is 11.8. The van der Waals surface area contributed by atoms with Gasteiger partial charge in [0.1, 0.15) is 22.6 Å². The molecule has 6 atom stereocenters. The molecule has 0 fully saturated rings. The van der Waals surface area contributed by atoms with Crippen molar-refractivity contribution in [1.29, 1.82) is 0 Å². The quantitative estimate of drug-likeness (QED) is 0.0319. The lowest BCUT2D eigenvalue weighted by atomic mass is 10.0. The molecule has 0 aliphatic carbocycles. The van der Waals surface area contributed by atoms with Crippen molar-refractivity contribution in [1.82, 2.24) is 39.9 Å². The molecule has 0 spiro atoms. The first-order valence-corrected chi connectivity index (χ1v) is 49.8. The Morgan fingerprint density at radius 3 is 0.725 bits per heavy atom. The maximum absolute atomic E-state index is 15.6. The summed E-state index contributed by atoms with van der Waals surface area (Å²) in [4.78, 5) is 47.3. The van der Waals surface area contributed by atoms with E-state index in [1.807, 2.05) is 83.1 Å². The van der Waals surface area contributed by atoms with E-state index in [4.69, 9.17) is 29.9 Å². The van der Waals surface area contributed by atoms with Crippen molar-refractivity contribution in [3.8, 4) is 45.6 Å². The molecule has 3 N–H and O–H groups in total. The number of hydrogen-bond acceptors (Lipinski definition) is 19. The van der Waals surface area contributed by atoms with E-state index >= 15 is 50.5 Å². The Morgan fingerprint density at radius 2 is 0.514 bits per heavy atom. The molecule has 0 saturated heterocycles. The molecule has 2 aliphatic rings. The second kappa shape index (κ2) is 36.9. The maximum Gasteiger partial charge on any atom is 0.335 e. The zero-order valence-electron chi connectivity index (χ0n) is 65.8. The van der Waals surface area contributed by atoms with E-state index in [9.17, 15) is 9.90 Å². The summed E-state index contributed by atoms with van der Waals surface area (Å²) in [5.41, 5.74) is -0.608. The van der Waals surface area contributed by atoms with Crippen molar-refractivity contribution in [2.24, 2.45) is 35.5 Å². The van der Waals surface area contributed by atoms with Crippen molar-refractivity contribution in [3.63, 3.8) is 0 Å². The van der Waals surface area contributed by atoms with Gasteiger partial charge in [-0.15, -0.1) is 0 Å². The summed E-state index contributed by atoms with van der Waals surface area (Å²) in [5.74, 6) is -6.76. The monoisotopic (exact) mass is 1610 g/mol. The van der Waals surface area contributed by atoms with Crippen LogP contribution in [0.1, 0.15) is 248 Å². The number of aromatic nitrogens is 8. The number of carbonyl (C=O) groups is 1. The minimum absolute atomic E-state index is 0.00113. The highest BCUT2D eigenvalue weighted by Gasteiger charge is 2.39. The first kappa shape index (κ1) is 86.4. The van der Waals surface area contributed by atoms with E-state index in [0.29, 0.717) is 89.9 Å². The zero-order chi connectivity index (χ0) is 79.6. The molecule has 109 heavy (non-hydrogen) atoms. The number of nitrogens with one attached hydrogen (secondary N) is 2. The van der Waals surface area contributed by atoms with Crippen molar-refractivity contribution in [3.05, 3.63) is 60.2 Å². The van der Waals surface area contributed by atoms with Crippen LogP contribution in [0.3, 0.4) is 0 Å². The highest BCUT2D eigenvalue weighted by molar-refractivity contribution is 7.95. The number of nitrogens with zero attached hydrogens (tertiary/aromatic N) is 6. The Bertz CT molecular complexity index is 5370. The molecule has 4 aromatic carbocycles. The molecule has 6 unspecified atom stereocenters. The number of carboxylic acids is 1. The minimum atomic E-state index is -4.54. The second-order valence-corrected chi connectivity index (χ2v) is 42.4. The topological polar surface area (TPSA) is 351 Å². The number of hydrogen-bond donors (Lipinski definition) is 3. The standard InChI is InChI=1S/C81H114N8O14S6/c1-13-25-31-52(19-7)46-104(92,93)67-40-61-62(41-68(67)105(94,95)47-53(20-8)32-26-14-2)77-85-75(61)83-73-59-38-37-58(81(90)91)39-60(59)74(82-73)84-76-63-42-69(106(96,97)48-54(21-9)33-27-15-3)70(107(98,99)49-55(22-10)34-28-16-4)43-64(63)78(86-76)88-80-66-45-72(109(102,103)51-57(24-12)36-30-18-6)71(44-65(66)79(87-77)89-80)108(100,101)50-56(23-11)35-29-17-5/h37-45,52-57H,13-36,46-51H2,1-12H3,(H,90,91)(H2,82,83,84,85,86,87,88,89). The van der Waals surface area contributed by atoms with Crippen molar-refractivity contribution in [2.45, 2.75) is 267 Å². The van der Waals surface area contributed by atoms with Crippen LogP contribution in [0.5, 0.6) is 0 Å². The van der Waals surface area contributed by atoms with Crippen LogP contribution in [-0.2, 0) is 59.0 Å². The fourth-order valence-corrected chi connectivity index (χ4v) is 28.7. The van der Waals surface area contributed by atoms with E-state index < -0.39 is 123 Å². The fraction of sp³-hybridized carbons (Fsp3) is 0.593. The zero-order valence-corrected chi connectivity index (χ0v) is 70.7. The molecule has 2 aliphatic heterocycles. The molecule has 3 aromatic heterocycles. The lowest BCUT2D eigenvalue weighted by Crippen LogP contribution is -2.22. The summed E-state index contributed by atoms with van der Waals surface area (Å²) in [7, 11) is -27.1. The third kappa shape index (κ3) is 19.9. The third-order valence-electron chi connectivity index (χ3n) is 22.3. The van der Waals surface area contributed by atoms with Gasteiger partial charge in [0.2, 0.25) is 0 Å². The number of carboxylic acid groups (broad SMARTS) is 1. The van der Waals surface area contributed by atoms with Crippen molar-refractivity contribution < 1.29 is 60.4 Å². The highest BCUT2D eigenvalue weighted by Crippen LogP contribution is 2.45. The van der Waals surface area contributed by atoms with Crippen LogP contribution in [-0.4, -0.2) is 136 Å². The van der Waals surface area contributed by atoms with Gasteiger partial charge >= 0.3 is 5.97 Å². The molecule has 28 heteroatoms. The molecule has 0 amide bonds. The molecule has 0 radical (unpaired) electrons. The average molecular weight is 1620 g/mol. The first-order valence-electron chi connectivity index (χ1n) is 39.9. The number of aromatic carboxylic acids is 1. The molecule has 598 valence electrons. The van der Waals surface area contributed by atoms with Crippen LogP contribution in [0.2, 0.25) is 0 Å². The number of benzene rings is 4. The predicted octanol–water partition coefficient (Wildman–Crippen LogP) is 18.5. The number of fused-ring (bicyclic) bond motifs is 20. The summed E-state index contributed by atoms with van der Waals surface area (Å²) < 4.78 is 186. The Labute approximate surface area is 647 Å². The Kier molecular flexibility index (Phi) is 29.3. The summed E-state index contributed by atoms with van der Waals surface area (Å²) in [6.45, 7) is 23.4. The van der Waals surface area contributed by atoms with Gasteiger partial charge in [0.05, 0.1) is 69.5 Å². The van der Waals surface area contributed by atoms with Gasteiger partial charge in [-0.05, 0) is 129 Å². The lowest BCUT2D eigenvalue weighted by molar-refractivity contribution is 0.0696. The van der Waals surface area contributed by atoms with Gasteiger partial charge in [0.15, 0.2) is 82.3 Å². The van der Waals surface area contributed by atoms with Gasteiger partial charge in [-0.3, -0.25) is 0 Å². The van der Waals surface area contributed by atoms with Crippen molar-refractivity contribution in [2.75, 3.05) is 34.5 Å².